The SMILES string of the molecule is Cc1ncsc1-c1ccc([C@H](C)NC(=O)[C@@H]2C[C@@H](O)CN2C(=O)[C@@H](NC(=O)COc2ccc(-c3ccc(C4=NC(NC(=O)OC(C)(C)C)c5nnc(C)n5-c5sc(C)c(C)c54)cc3)cc2)C(C)(C)C)cc1. The number of benzene rings is 3. The largest absolute Gasteiger partial charge is 0.484 e. The van der Waals surface area contributed by atoms with E-state index in [9.17, 15) is 24.3 Å². The van der Waals surface area contributed by atoms with Gasteiger partial charge in [0.15, 0.2) is 18.6 Å². The molecule has 5 heterocycles. The van der Waals surface area contributed by atoms with Gasteiger partial charge >= 0.3 is 6.09 Å². The van der Waals surface area contributed by atoms with Gasteiger partial charge in [0.05, 0.1) is 33.9 Å². The topological polar surface area (TPSA) is 202 Å². The highest BCUT2D eigenvalue weighted by molar-refractivity contribution is 7.15. The molecule has 0 radical (unpaired) electrons. The summed E-state index contributed by atoms with van der Waals surface area (Å²) in [4.78, 5) is 67.6. The average molecular weight is 1000 g/mol. The number of thiophene rings is 1. The van der Waals surface area contributed by atoms with E-state index in [1.165, 1.54) is 4.90 Å². The zero-order chi connectivity index (χ0) is 51.1. The number of rotatable bonds is 12. The van der Waals surface area contributed by atoms with Crippen molar-refractivity contribution in [2.24, 2.45) is 10.4 Å². The first kappa shape index (κ1) is 50.6. The Hall–Kier alpha value is -6.76. The fourth-order valence-electron chi connectivity index (χ4n) is 8.77. The Balaban J connectivity index is 0.911. The normalized spacial score (nSPS) is 17.5. The number of aliphatic hydroxyl groups excluding tert-OH is 1. The Kier molecular flexibility index (Phi) is 14.4. The van der Waals surface area contributed by atoms with Gasteiger partial charge in [0.1, 0.15) is 34.3 Å². The lowest BCUT2D eigenvalue weighted by molar-refractivity contribution is -0.144. The molecule has 3 aromatic carbocycles. The minimum atomic E-state index is -1.01. The Morgan fingerprint density at radius 1 is 0.845 bits per heavy atom. The van der Waals surface area contributed by atoms with Crippen molar-refractivity contribution in [3.8, 4) is 32.3 Å². The van der Waals surface area contributed by atoms with E-state index in [1.54, 1.807) is 55.6 Å². The van der Waals surface area contributed by atoms with Crippen molar-refractivity contribution in [2.45, 2.75) is 119 Å². The molecule has 5 atom stereocenters. The first-order valence-corrected chi connectivity index (χ1v) is 25.3. The Morgan fingerprint density at radius 2 is 1.48 bits per heavy atom. The molecule has 372 valence electrons. The number of amides is 4. The van der Waals surface area contributed by atoms with Crippen LogP contribution in [0.3, 0.4) is 0 Å². The zero-order valence-corrected chi connectivity index (χ0v) is 43.5. The van der Waals surface area contributed by atoms with E-state index < -0.39 is 53.3 Å². The number of aryl methyl sites for hydroxylation is 3. The lowest BCUT2D eigenvalue weighted by Gasteiger charge is -2.35. The molecule has 18 heteroatoms. The van der Waals surface area contributed by atoms with Crippen LogP contribution < -0.4 is 20.7 Å². The Bertz CT molecular complexity index is 2980. The number of ether oxygens (including phenoxy) is 2. The van der Waals surface area contributed by atoms with Crippen LogP contribution in [0.1, 0.15) is 112 Å². The van der Waals surface area contributed by atoms with Crippen LogP contribution in [0.2, 0.25) is 0 Å². The molecule has 2 aliphatic heterocycles. The van der Waals surface area contributed by atoms with E-state index in [2.05, 4.69) is 45.0 Å². The van der Waals surface area contributed by atoms with Gasteiger partial charge in [0.25, 0.3) is 5.91 Å². The molecular weight excluding hydrogens is 939 g/mol. The summed E-state index contributed by atoms with van der Waals surface area (Å²) in [6, 6.07) is 21.0. The Labute approximate surface area is 421 Å². The fraction of sp³-hybridized carbons (Fsp3) is 0.396. The van der Waals surface area contributed by atoms with Crippen LogP contribution in [-0.2, 0) is 19.1 Å². The predicted octanol–water partition coefficient (Wildman–Crippen LogP) is 8.48. The lowest BCUT2D eigenvalue weighted by Crippen LogP contribution is -2.58. The number of alkyl carbamates (subject to hydrolysis) is 1. The van der Waals surface area contributed by atoms with Gasteiger partial charge < -0.3 is 30.1 Å². The van der Waals surface area contributed by atoms with E-state index in [0.29, 0.717) is 23.1 Å². The van der Waals surface area contributed by atoms with Gasteiger partial charge in [-0.05, 0) is 101 Å². The van der Waals surface area contributed by atoms with Gasteiger partial charge in [0.2, 0.25) is 11.8 Å². The number of aromatic nitrogens is 4. The number of carbonyl (C=O) groups is 4. The summed E-state index contributed by atoms with van der Waals surface area (Å²) in [5, 5.41) is 29.2. The molecule has 0 saturated carbocycles. The summed E-state index contributed by atoms with van der Waals surface area (Å²) in [6.07, 6.45) is -2.31. The highest BCUT2D eigenvalue weighted by Crippen LogP contribution is 2.39. The number of fused-ring (bicyclic) bond motifs is 3. The second-order valence-corrected chi connectivity index (χ2v) is 22.3. The molecule has 8 rings (SSSR count). The molecule has 71 heavy (non-hydrogen) atoms. The van der Waals surface area contributed by atoms with Crippen molar-refractivity contribution in [1.82, 2.24) is 40.6 Å². The highest BCUT2D eigenvalue weighted by atomic mass is 32.1. The quantitative estimate of drug-likeness (QED) is 0.0921. The Morgan fingerprint density at radius 3 is 2.10 bits per heavy atom. The smallest absolute Gasteiger partial charge is 0.409 e. The van der Waals surface area contributed by atoms with Gasteiger partial charge in [-0.1, -0.05) is 81.4 Å². The minimum Gasteiger partial charge on any atom is -0.484 e. The lowest BCUT2D eigenvalue weighted by atomic mass is 9.85. The standard InChI is InChI=1S/C53H61N9O7S2/c1-28-31(4)71-50-42(28)43(57-46(47-60-59-32(5)62(47)50)58-51(67)69-53(9,10)11)36-16-14-34(15-17-36)35-20-22-39(23-21-35)68-26-41(64)56-45(52(6,7)8)49(66)61-25-38(63)24-40(61)48(65)55-29(2)33-12-18-37(19-13-33)44-30(3)54-27-70-44/h12-23,27,29,38,40,45-46,63H,24-26H2,1-11H3,(H,55,65)(H,56,64)(H,58,67)/t29-,38+,40-,45+,46?/m0/s1. The number of β-amino-alcohol motifs (C(OH)–C–C–N with tert-alkyl or cyclic N) is 1. The van der Waals surface area contributed by atoms with E-state index in [1.807, 2.05) is 112 Å². The van der Waals surface area contributed by atoms with Gasteiger partial charge in [-0.3, -0.25) is 29.3 Å². The number of thiazole rings is 1. The highest BCUT2D eigenvalue weighted by Gasteiger charge is 2.45. The van der Waals surface area contributed by atoms with Gasteiger partial charge in [-0.15, -0.1) is 32.9 Å². The van der Waals surface area contributed by atoms with E-state index in [-0.39, 0.29) is 31.5 Å². The van der Waals surface area contributed by atoms with Crippen LogP contribution in [0.4, 0.5) is 4.79 Å². The summed E-state index contributed by atoms with van der Waals surface area (Å²) in [5.74, 6) is 0.254. The second-order valence-electron chi connectivity index (χ2n) is 20.2. The molecule has 3 aromatic heterocycles. The second kappa shape index (κ2) is 20.2. The molecule has 1 saturated heterocycles. The number of aliphatic imine (C=N–C) groups is 1. The number of hydrogen-bond donors (Lipinski definition) is 4. The minimum absolute atomic E-state index is 0.0377. The number of aliphatic hydroxyl groups is 1. The van der Waals surface area contributed by atoms with E-state index >= 15 is 0 Å². The van der Waals surface area contributed by atoms with Crippen LogP contribution in [0.5, 0.6) is 5.75 Å². The molecule has 0 spiro atoms. The third-order valence-electron chi connectivity index (χ3n) is 12.6. The van der Waals surface area contributed by atoms with E-state index in [4.69, 9.17) is 14.5 Å². The molecule has 4 N–H and O–H groups in total. The zero-order valence-electron chi connectivity index (χ0n) is 41.9. The molecular formula is C53H61N9O7S2. The van der Waals surface area contributed by atoms with Crippen molar-refractivity contribution in [2.75, 3.05) is 13.2 Å². The molecule has 1 fully saturated rings. The molecule has 2 aliphatic rings. The third kappa shape index (κ3) is 11.1. The summed E-state index contributed by atoms with van der Waals surface area (Å²) >= 11 is 3.19. The molecule has 16 nitrogen and oxygen atoms in total. The maximum Gasteiger partial charge on any atom is 0.409 e. The summed E-state index contributed by atoms with van der Waals surface area (Å²) in [6.45, 7) is 20.4. The first-order valence-electron chi connectivity index (χ1n) is 23.6. The monoisotopic (exact) mass is 999 g/mol. The van der Waals surface area contributed by atoms with Crippen LogP contribution in [0, 0.1) is 33.1 Å². The fourth-order valence-corrected chi connectivity index (χ4v) is 10.8. The first-order chi connectivity index (χ1) is 33.6. The molecule has 0 aliphatic carbocycles. The number of hydrogen-bond acceptors (Lipinski definition) is 13. The molecule has 1 unspecified atom stereocenters. The van der Waals surface area contributed by atoms with Crippen LogP contribution in [-0.4, -0.2) is 96.2 Å². The summed E-state index contributed by atoms with van der Waals surface area (Å²) in [7, 11) is 0. The van der Waals surface area contributed by atoms with Crippen LogP contribution in [0.25, 0.3) is 26.6 Å². The van der Waals surface area contributed by atoms with E-state index in [0.717, 1.165) is 59.4 Å². The van der Waals surface area contributed by atoms with Crippen LogP contribution >= 0.6 is 22.7 Å². The van der Waals surface area contributed by atoms with Crippen molar-refractivity contribution in [3.63, 3.8) is 0 Å². The van der Waals surface area contributed by atoms with Gasteiger partial charge in [0, 0.05) is 29.0 Å². The predicted molar refractivity (Wildman–Crippen MR) is 275 cm³/mol. The molecule has 0 bridgehead atoms. The average Bonchev–Trinajstić information content (AvgIpc) is 4.08. The third-order valence-corrected chi connectivity index (χ3v) is 14.8. The maximum atomic E-state index is 14.2. The summed E-state index contributed by atoms with van der Waals surface area (Å²) in [5.41, 5.74) is 8.64. The number of nitrogens with zero attached hydrogens (tertiary/aromatic N) is 6. The number of likely N-dealkylation sites (tertiary alicyclic amines) is 1. The summed E-state index contributed by atoms with van der Waals surface area (Å²) < 4.78 is 13.5. The maximum absolute atomic E-state index is 14.2. The van der Waals surface area contributed by atoms with Crippen molar-refractivity contribution in [3.05, 3.63) is 123 Å². The van der Waals surface area contributed by atoms with Gasteiger partial charge in [-0.25, -0.2) is 9.78 Å². The van der Waals surface area contributed by atoms with Crippen LogP contribution in [0.15, 0.2) is 83.3 Å². The van der Waals surface area contributed by atoms with Crippen molar-refractivity contribution < 1.29 is 33.8 Å². The molecule has 4 amide bonds. The van der Waals surface area contributed by atoms with Gasteiger partial charge in [-0.2, -0.15) is 0 Å². The van der Waals surface area contributed by atoms with Crippen molar-refractivity contribution in [1.29, 1.82) is 0 Å². The molecule has 6 aromatic rings. The number of nitrogens with one attached hydrogen (secondary N) is 3. The number of carbonyl (C=O) groups excluding carboxylic acids is 4. The van der Waals surface area contributed by atoms with Crippen molar-refractivity contribution >= 4 is 52.2 Å².